The Labute approximate surface area is 102 Å². The van der Waals surface area contributed by atoms with Gasteiger partial charge in [-0.1, -0.05) is 5.21 Å². The van der Waals surface area contributed by atoms with Crippen molar-refractivity contribution in [3.8, 4) is 0 Å². The van der Waals surface area contributed by atoms with Gasteiger partial charge in [-0.05, 0) is 6.42 Å². The van der Waals surface area contributed by atoms with Crippen molar-refractivity contribution in [1.29, 1.82) is 0 Å². The number of halogens is 2. The first-order chi connectivity index (χ1) is 8.66. The summed E-state index contributed by atoms with van der Waals surface area (Å²) >= 11 is 0. The molecule has 0 spiro atoms. The van der Waals surface area contributed by atoms with Crippen LogP contribution < -0.4 is 11.1 Å². The van der Waals surface area contributed by atoms with Gasteiger partial charge in [-0.15, -0.1) is 5.10 Å². The lowest BCUT2D eigenvalue weighted by molar-refractivity contribution is 0.563. The number of anilines is 2. The molecule has 2 aromatic heterocycles. The molecule has 6 nitrogen and oxygen atoms in total. The van der Waals surface area contributed by atoms with Crippen LogP contribution in [0.5, 0.6) is 0 Å². The summed E-state index contributed by atoms with van der Waals surface area (Å²) in [4.78, 5) is 3.59. The van der Waals surface area contributed by atoms with Crippen LogP contribution in [0.25, 0.3) is 0 Å². The van der Waals surface area contributed by atoms with Crippen LogP contribution in [0.4, 0.5) is 20.4 Å². The lowest BCUT2D eigenvalue weighted by atomic mass is 10.3. The Balaban J connectivity index is 1.85. The summed E-state index contributed by atoms with van der Waals surface area (Å²) in [7, 11) is 0. The number of nitrogen functional groups attached to an aromatic ring is 1. The van der Waals surface area contributed by atoms with E-state index in [0.717, 1.165) is 0 Å². The minimum absolute atomic E-state index is 0.0486. The number of aromatic nitrogens is 4. The average Bonchev–Trinajstić information content (AvgIpc) is 2.84. The normalized spacial score (nSPS) is 10.6. The van der Waals surface area contributed by atoms with Gasteiger partial charge in [0.2, 0.25) is 0 Å². The van der Waals surface area contributed by atoms with Crippen LogP contribution in [-0.4, -0.2) is 26.5 Å². The van der Waals surface area contributed by atoms with Gasteiger partial charge in [0.05, 0.1) is 6.20 Å². The van der Waals surface area contributed by atoms with E-state index in [0.29, 0.717) is 25.6 Å². The molecule has 0 aromatic carbocycles. The van der Waals surface area contributed by atoms with E-state index in [-0.39, 0.29) is 11.6 Å². The van der Waals surface area contributed by atoms with E-state index in [1.807, 2.05) is 0 Å². The quantitative estimate of drug-likeness (QED) is 0.779. The molecular weight excluding hydrogens is 242 g/mol. The molecule has 18 heavy (non-hydrogen) atoms. The summed E-state index contributed by atoms with van der Waals surface area (Å²) in [5.74, 6) is -1.99. The highest BCUT2D eigenvalue weighted by molar-refractivity contribution is 5.44. The third-order valence-corrected chi connectivity index (χ3v) is 2.28. The molecule has 0 unspecified atom stereocenters. The van der Waals surface area contributed by atoms with Gasteiger partial charge in [-0.25, -0.2) is 13.8 Å². The maximum Gasteiger partial charge on any atom is 0.168 e. The summed E-state index contributed by atoms with van der Waals surface area (Å²) in [6, 6.07) is 0.710. The Morgan fingerprint density at radius 2 is 2.17 bits per heavy atom. The smallest absolute Gasteiger partial charge is 0.168 e. The third-order valence-electron chi connectivity index (χ3n) is 2.28. The van der Waals surface area contributed by atoms with Crippen LogP contribution in [0.1, 0.15) is 6.42 Å². The fourth-order valence-electron chi connectivity index (χ4n) is 1.40. The summed E-state index contributed by atoms with van der Waals surface area (Å²) in [5.41, 5.74) is 5.26. The number of nitrogens with two attached hydrogens (primary N) is 1. The average molecular weight is 254 g/mol. The zero-order valence-electron chi connectivity index (χ0n) is 9.48. The Morgan fingerprint density at radius 1 is 1.33 bits per heavy atom. The Bertz CT molecular complexity index is 513. The molecule has 2 aromatic rings. The maximum atomic E-state index is 13.3. The predicted octanol–water partition coefficient (Wildman–Crippen LogP) is 1.04. The molecule has 2 rings (SSSR count). The number of nitrogens with one attached hydrogen (secondary N) is 1. The van der Waals surface area contributed by atoms with Gasteiger partial charge in [-0.2, -0.15) is 0 Å². The van der Waals surface area contributed by atoms with Gasteiger partial charge in [-0.3, -0.25) is 4.68 Å². The summed E-state index contributed by atoms with van der Waals surface area (Å²) in [6.45, 7) is 1.11. The van der Waals surface area contributed by atoms with Crippen LogP contribution in [0.3, 0.4) is 0 Å². The van der Waals surface area contributed by atoms with Gasteiger partial charge < -0.3 is 11.1 Å². The second-order valence-electron chi connectivity index (χ2n) is 3.63. The molecule has 0 bridgehead atoms. The maximum absolute atomic E-state index is 13.3. The number of aryl methyl sites for hydroxylation is 1. The largest absolute Gasteiger partial charge is 0.381 e. The molecule has 0 fully saturated rings. The van der Waals surface area contributed by atoms with Crippen molar-refractivity contribution in [1.82, 2.24) is 20.0 Å². The highest BCUT2D eigenvalue weighted by Crippen LogP contribution is 2.16. The second kappa shape index (κ2) is 5.39. The molecule has 3 N–H and O–H groups in total. The molecule has 2 heterocycles. The highest BCUT2D eigenvalue weighted by atomic mass is 19.1. The van der Waals surface area contributed by atoms with Crippen molar-refractivity contribution in [2.24, 2.45) is 0 Å². The fourth-order valence-corrected chi connectivity index (χ4v) is 1.40. The number of hydrogen-bond acceptors (Lipinski definition) is 5. The number of hydrogen-bond donors (Lipinski definition) is 2. The van der Waals surface area contributed by atoms with Gasteiger partial charge in [0, 0.05) is 25.4 Å². The Hall–Kier alpha value is -2.25. The monoisotopic (exact) mass is 254 g/mol. The van der Waals surface area contributed by atoms with Crippen LogP contribution in [0.15, 0.2) is 18.5 Å². The van der Waals surface area contributed by atoms with Crippen molar-refractivity contribution >= 4 is 11.6 Å². The Kier molecular flexibility index (Phi) is 3.66. The molecule has 0 saturated carbocycles. The number of nitrogens with zero attached hydrogens (tertiary/aromatic N) is 4. The second-order valence-corrected chi connectivity index (χ2v) is 3.63. The minimum atomic E-state index is -0.860. The van der Waals surface area contributed by atoms with Crippen molar-refractivity contribution in [2.75, 3.05) is 17.6 Å². The van der Waals surface area contributed by atoms with E-state index in [1.165, 1.54) is 0 Å². The molecule has 0 atom stereocenters. The molecule has 8 heteroatoms. The zero-order chi connectivity index (χ0) is 13.0. The molecule has 0 aliphatic rings. The number of rotatable bonds is 5. The van der Waals surface area contributed by atoms with Crippen LogP contribution in [-0.2, 0) is 6.54 Å². The van der Waals surface area contributed by atoms with Gasteiger partial charge >= 0.3 is 0 Å². The molecule has 0 saturated heterocycles. The van der Waals surface area contributed by atoms with E-state index in [9.17, 15) is 8.78 Å². The SMILES string of the molecule is Nc1nc(NCCCn2ccnn2)c(F)cc1F. The van der Waals surface area contributed by atoms with Gasteiger partial charge in [0.1, 0.15) is 0 Å². The first kappa shape index (κ1) is 12.2. The van der Waals surface area contributed by atoms with Crippen LogP contribution >= 0.6 is 0 Å². The molecule has 0 aliphatic heterocycles. The third kappa shape index (κ3) is 2.90. The lowest BCUT2D eigenvalue weighted by Gasteiger charge is -2.07. The van der Waals surface area contributed by atoms with E-state index in [1.54, 1.807) is 17.1 Å². The molecule has 0 amide bonds. The Morgan fingerprint density at radius 3 is 2.89 bits per heavy atom. The van der Waals surface area contributed by atoms with Crippen molar-refractivity contribution in [2.45, 2.75) is 13.0 Å². The minimum Gasteiger partial charge on any atom is -0.381 e. The highest BCUT2D eigenvalue weighted by Gasteiger charge is 2.08. The van der Waals surface area contributed by atoms with E-state index >= 15 is 0 Å². The zero-order valence-corrected chi connectivity index (χ0v) is 9.48. The van der Waals surface area contributed by atoms with Crippen LogP contribution in [0.2, 0.25) is 0 Å². The van der Waals surface area contributed by atoms with Crippen LogP contribution in [0, 0.1) is 11.6 Å². The summed E-state index contributed by atoms with van der Waals surface area (Å²) < 4.78 is 27.8. The van der Waals surface area contributed by atoms with E-state index in [2.05, 4.69) is 20.6 Å². The topological polar surface area (TPSA) is 81.6 Å². The first-order valence-corrected chi connectivity index (χ1v) is 5.36. The van der Waals surface area contributed by atoms with E-state index in [4.69, 9.17) is 5.73 Å². The molecule has 0 radical (unpaired) electrons. The van der Waals surface area contributed by atoms with Gasteiger partial charge in [0.15, 0.2) is 23.3 Å². The summed E-state index contributed by atoms with van der Waals surface area (Å²) in [6.07, 6.45) is 4.01. The van der Waals surface area contributed by atoms with Gasteiger partial charge in [0.25, 0.3) is 0 Å². The lowest BCUT2D eigenvalue weighted by Crippen LogP contribution is -2.10. The number of pyridine rings is 1. The van der Waals surface area contributed by atoms with Crippen molar-refractivity contribution in [3.05, 3.63) is 30.1 Å². The standard InChI is InChI=1S/C10H12F2N6/c11-7-6-8(12)10(16-9(7)13)14-2-1-4-18-5-3-15-17-18/h3,5-6H,1-2,4H2,(H3,13,14,16). The van der Waals surface area contributed by atoms with E-state index < -0.39 is 11.6 Å². The fraction of sp³-hybridized carbons (Fsp3) is 0.300. The molecular formula is C10H12F2N6. The predicted molar refractivity (Wildman–Crippen MR) is 61.7 cm³/mol. The molecule has 96 valence electrons. The first-order valence-electron chi connectivity index (χ1n) is 5.36. The van der Waals surface area contributed by atoms with Crippen molar-refractivity contribution in [3.63, 3.8) is 0 Å². The molecule has 0 aliphatic carbocycles. The summed E-state index contributed by atoms with van der Waals surface area (Å²) in [5, 5.41) is 10.2. The van der Waals surface area contributed by atoms with Crippen molar-refractivity contribution < 1.29 is 8.78 Å².